The minimum atomic E-state index is -0.479. The summed E-state index contributed by atoms with van der Waals surface area (Å²) in [5.41, 5.74) is 0.278. The molecule has 1 saturated heterocycles. The van der Waals surface area contributed by atoms with Crippen LogP contribution in [0.5, 0.6) is 0 Å². The van der Waals surface area contributed by atoms with E-state index in [0.29, 0.717) is 12.3 Å². The van der Waals surface area contributed by atoms with Gasteiger partial charge in [0.2, 0.25) is 0 Å². The monoisotopic (exact) mass is 261 g/mol. The second-order valence-electron chi connectivity index (χ2n) is 4.91. The summed E-state index contributed by atoms with van der Waals surface area (Å²) < 4.78 is 5.50. The van der Waals surface area contributed by atoms with Crippen LogP contribution < -0.4 is 5.32 Å². The summed E-state index contributed by atoms with van der Waals surface area (Å²) in [7, 11) is 0. The average molecular weight is 261 g/mol. The standard InChI is InChI=1S/C13H15N3O3/c1-9-13(2,5-6-19-9)15-11-4-3-10(8-14)7-12(11)16(17)18/h3-4,7,9,15H,5-6H2,1-2H3/t9-,13-/m1/s1. The summed E-state index contributed by atoms with van der Waals surface area (Å²) in [4.78, 5) is 10.6. The Kier molecular flexibility index (Phi) is 3.40. The third-order valence-corrected chi connectivity index (χ3v) is 3.63. The molecule has 2 rings (SSSR count). The minimum absolute atomic E-state index is 0.0252. The fourth-order valence-electron chi connectivity index (χ4n) is 2.16. The van der Waals surface area contributed by atoms with Crippen molar-refractivity contribution in [3.63, 3.8) is 0 Å². The van der Waals surface area contributed by atoms with Gasteiger partial charge in [-0.15, -0.1) is 0 Å². The molecule has 0 saturated carbocycles. The molecule has 1 aromatic rings. The highest BCUT2D eigenvalue weighted by molar-refractivity contribution is 5.65. The van der Waals surface area contributed by atoms with Crippen LogP contribution >= 0.6 is 0 Å². The van der Waals surface area contributed by atoms with Crippen LogP contribution in [0.2, 0.25) is 0 Å². The molecule has 1 fully saturated rings. The van der Waals surface area contributed by atoms with Gasteiger partial charge in [0.15, 0.2) is 0 Å². The number of anilines is 1. The van der Waals surface area contributed by atoms with Gasteiger partial charge in [-0.3, -0.25) is 10.1 Å². The predicted octanol–water partition coefficient (Wildman–Crippen LogP) is 2.45. The molecule has 1 aliphatic heterocycles. The van der Waals surface area contributed by atoms with Crippen LogP contribution in [0.4, 0.5) is 11.4 Å². The van der Waals surface area contributed by atoms with Gasteiger partial charge in [0.05, 0.1) is 28.2 Å². The zero-order valence-electron chi connectivity index (χ0n) is 10.8. The van der Waals surface area contributed by atoms with Crippen molar-refractivity contribution in [1.82, 2.24) is 0 Å². The van der Waals surface area contributed by atoms with Gasteiger partial charge in [-0.1, -0.05) is 0 Å². The SMILES string of the molecule is C[C@H]1OCC[C@@]1(C)Nc1ccc(C#N)cc1[N+](=O)[O-]. The fourth-order valence-corrected chi connectivity index (χ4v) is 2.16. The summed E-state index contributed by atoms with van der Waals surface area (Å²) in [5.74, 6) is 0. The van der Waals surface area contributed by atoms with E-state index in [1.165, 1.54) is 6.07 Å². The molecule has 1 aliphatic rings. The molecule has 6 heteroatoms. The lowest BCUT2D eigenvalue weighted by Gasteiger charge is -2.29. The van der Waals surface area contributed by atoms with Gasteiger partial charge in [-0.2, -0.15) is 5.26 Å². The van der Waals surface area contributed by atoms with Gasteiger partial charge < -0.3 is 10.1 Å². The lowest BCUT2D eigenvalue weighted by Crippen LogP contribution is -2.41. The number of nitro benzene ring substituents is 1. The van der Waals surface area contributed by atoms with Crippen LogP contribution in [0.3, 0.4) is 0 Å². The van der Waals surface area contributed by atoms with E-state index in [1.807, 2.05) is 19.9 Å². The third-order valence-electron chi connectivity index (χ3n) is 3.63. The topological polar surface area (TPSA) is 88.2 Å². The van der Waals surface area contributed by atoms with Crippen LogP contribution in [0.15, 0.2) is 18.2 Å². The van der Waals surface area contributed by atoms with E-state index in [1.54, 1.807) is 12.1 Å². The van der Waals surface area contributed by atoms with Gasteiger partial charge in [-0.05, 0) is 32.4 Å². The van der Waals surface area contributed by atoms with E-state index in [0.717, 1.165) is 6.42 Å². The second-order valence-corrected chi connectivity index (χ2v) is 4.91. The van der Waals surface area contributed by atoms with E-state index < -0.39 is 4.92 Å². The maximum absolute atomic E-state index is 11.1. The number of hydrogen-bond acceptors (Lipinski definition) is 5. The third kappa shape index (κ3) is 2.51. The predicted molar refractivity (Wildman–Crippen MR) is 69.9 cm³/mol. The Bertz CT molecular complexity index is 553. The first-order valence-corrected chi connectivity index (χ1v) is 6.04. The summed E-state index contributed by atoms with van der Waals surface area (Å²) in [6.07, 6.45) is 0.758. The first-order valence-electron chi connectivity index (χ1n) is 6.04. The number of ether oxygens (including phenoxy) is 1. The second kappa shape index (κ2) is 4.86. The number of nitriles is 1. The normalized spacial score (nSPS) is 25.8. The van der Waals surface area contributed by atoms with Gasteiger partial charge in [0, 0.05) is 12.7 Å². The van der Waals surface area contributed by atoms with Crippen LogP contribution in [0.1, 0.15) is 25.8 Å². The Balaban J connectivity index is 2.35. The first-order chi connectivity index (χ1) is 8.96. The summed E-state index contributed by atoms with van der Waals surface area (Å²) in [6.45, 7) is 4.55. The van der Waals surface area contributed by atoms with Crippen LogP contribution in [-0.2, 0) is 4.74 Å². The lowest BCUT2D eigenvalue weighted by atomic mass is 9.94. The molecule has 0 aliphatic carbocycles. The number of hydrogen-bond donors (Lipinski definition) is 1. The molecule has 1 N–H and O–H groups in total. The molecular weight excluding hydrogens is 246 g/mol. The Morgan fingerprint density at radius 1 is 1.63 bits per heavy atom. The molecule has 19 heavy (non-hydrogen) atoms. The molecule has 1 aromatic carbocycles. The van der Waals surface area contributed by atoms with Crippen LogP contribution in [-0.4, -0.2) is 23.2 Å². The molecule has 0 unspecified atom stereocenters. The van der Waals surface area contributed by atoms with E-state index in [4.69, 9.17) is 10.00 Å². The van der Waals surface area contributed by atoms with Gasteiger partial charge in [0.25, 0.3) is 5.69 Å². The molecule has 0 amide bonds. The molecule has 100 valence electrons. The molecule has 2 atom stereocenters. The zero-order valence-corrected chi connectivity index (χ0v) is 10.8. The van der Waals surface area contributed by atoms with Crippen molar-refractivity contribution in [3.8, 4) is 6.07 Å². The fraction of sp³-hybridized carbons (Fsp3) is 0.462. The van der Waals surface area contributed by atoms with E-state index in [-0.39, 0.29) is 22.9 Å². The Morgan fingerprint density at radius 3 is 2.89 bits per heavy atom. The number of rotatable bonds is 3. The molecule has 1 heterocycles. The molecule has 0 radical (unpaired) electrons. The van der Waals surface area contributed by atoms with Gasteiger partial charge >= 0.3 is 0 Å². The van der Waals surface area contributed by atoms with Crippen molar-refractivity contribution in [2.24, 2.45) is 0 Å². The van der Waals surface area contributed by atoms with Crippen molar-refractivity contribution in [2.45, 2.75) is 31.9 Å². The van der Waals surface area contributed by atoms with Crippen LogP contribution in [0, 0.1) is 21.4 Å². The summed E-state index contributed by atoms with van der Waals surface area (Å²) >= 11 is 0. The Labute approximate surface area is 111 Å². The van der Waals surface area contributed by atoms with Crippen LogP contribution in [0.25, 0.3) is 0 Å². The van der Waals surface area contributed by atoms with Gasteiger partial charge in [-0.25, -0.2) is 0 Å². The first kappa shape index (κ1) is 13.3. The maximum Gasteiger partial charge on any atom is 0.293 e. The van der Waals surface area contributed by atoms with E-state index >= 15 is 0 Å². The molecule has 0 spiro atoms. The highest BCUT2D eigenvalue weighted by Gasteiger charge is 2.38. The smallest absolute Gasteiger partial charge is 0.293 e. The van der Waals surface area contributed by atoms with E-state index in [9.17, 15) is 10.1 Å². The van der Waals surface area contributed by atoms with Crippen molar-refractivity contribution in [2.75, 3.05) is 11.9 Å². The Hall–Kier alpha value is -2.13. The largest absolute Gasteiger partial charge is 0.376 e. The minimum Gasteiger partial charge on any atom is -0.376 e. The molecule has 0 bridgehead atoms. The van der Waals surface area contributed by atoms with Crippen molar-refractivity contribution in [3.05, 3.63) is 33.9 Å². The average Bonchev–Trinajstić information content (AvgIpc) is 2.69. The molecular formula is C13H15N3O3. The Morgan fingerprint density at radius 2 is 2.37 bits per heavy atom. The highest BCUT2D eigenvalue weighted by Crippen LogP contribution is 2.34. The molecule has 0 aromatic heterocycles. The molecule has 6 nitrogen and oxygen atoms in total. The van der Waals surface area contributed by atoms with Crippen molar-refractivity contribution >= 4 is 11.4 Å². The lowest BCUT2D eigenvalue weighted by molar-refractivity contribution is -0.384. The number of nitrogens with one attached hydrogen (secondary N) is 1. The number of benzene rings is 1. The summed E-state index contributed by atoms with van der Waals surface area (Å²) in [5, 5.41) is 23.1. The maximum atomic E-state index is 11.1. The highest BCUT2D eigenvalue weighted by atomic mass is 16.6. The number of nitro groups is 1. The quantitative estimate of drug-likeness (QED) is 0.666. The van der Waals surface area contributed by atoms with Crippen molar-refractivity contribution < 1.29 is 9.66 Å². The summed E-state index contributed by atoms with van der Waals surface area (Å²) in [6, 6.07) is 6.33. The van der Waals surface area contributed by atoms with Gasteiger partial charge in [0.1, 0.15) is 5.69 Å². The number of nitrogens with zero attached hydrogens (tertiary/aromatic N) is 2. The zero-order chi connectivity index (χ0) is 14.0. The van der Waals surface area contributed by atoms with Crippen molar-refractivity contribution in [1.29, 1.82) is 5.26 Å². The van der Waals surface area contributed by atoms with E-state index in [2.05, 4.69) is 5.32 Å².